The number of piperidine rings is 1. The van der Waals surface area contributed by atoms with Gasteiger partial charge in [-0.25, -0.2) is 9.50 Å². The molecule has 5 rings (SSSR count). The minimum atomic E-state index is 0.123. The summed E-state index contributed by atoms with van der Waals surface area (Å²) in [6.45, 7) is 11.8. The van der Waals surface area contributed by atoms with E-state index in [9.17, 15) is 4.79 Å². The lowest BCUT2D eigenvalue weighted by molar-refractivity contribution is -0.132. The van der Waals surface area contributed by atoms with Crippen LogP contribution in [0.1, 0.15) is 67.2 Å². The van der Waals surface area contributed by atoms with Crippen molar-refractivity contribution in [1.29, 1.82) is 0 Å². The van der Waals surface area contributed by atoms with Crippen LogP contribution < -0.4 is 0 Å². The number of carbonyl (C=O) groups excluding carboxylic acids is 1. The second-order valence-corrected chi connectivity index (χ2v) is 11.1. The van der Waals surface area contributed by atoms with Crippen LogP contribution in [0.25, 0.3) is 27.8 Å². The highest BCUT2D eigenvalue weighted by atomic mass is 16.3. The number of rotatable bonds is 8. The molecule has 1 amide bonds. The van der Waals surface area contributed by atoms with Gasteiger partial charge in [0.05, 0.1) is 12.3 Å². The first-order chi connectivity index (χ1) is 18.3. The zero-order chi connectivity index (χ0) is 27.0. The predicted molar refractivity (Wildman–Crippen MR) is 152 cm³/mol. The zero-order valence-corrected chi connectivity index (χ0v) is 23.3. The first-order valence-electron chi connectivity index (χ1n) is 13.8. The number of H-pyrrole nitrogens is 1. The molecule has 1 fully saturated rings. The number of aliphatic hydroxyl groups excluding tert-OH is 1. The third kappa shape index (κ3) is 4.95. The number of benzene rings is 1. The minimum absolute atomic E-state index is 0.123. The summed E-state index contributed by atoms with van der Waals surface area (Å²) < 4.78 is 1.87. The minimum Gasteiger partial charge on any atom is -0.395 e. The molecular formula is C30H40N6O2. The third-order valence-corrected chi connectivity index (χ3v) is 8.34. The highest BCUT2D eigenvalue weighted by Gasteiger charge is 2.25. The lowest BCUT2D eigenvalue weighted by Gasteiger charge is -2.32. The number of hydrogen-bond donors (Lipinski definition) is 2. The van der Waals surface area contributed by atoms with E-state index in [1.807, 2.05) is 21.4 Å². The monoisotopic (exact) mass is 516 g/mol. The molecule has 2 N–H and O–H groups in total. The number of fused-ring (bicyclic) bond motifs is 2. The van der Waals surface area contributed by atoms with Crippen molar-refractivity contribution >= 4 is 22.5 Å². The average Bonchev–Trinajstić information content (AvgIpc) is 3.54. The summed E-state index contributed by atoms with van der Waals surface area (Å²) >= 11 is 0. The Hall–Kier alpha value is -3.23. The van der Waals surface area contributed by atoms with E-state index in [0.29, 0.717) is 31.3 Å². The number of likely N-dealkylation sites (N-methyl/N-ethyl adjacent to an activating group) is 1. The van der Waals surface area contributed by atoms with Gasteiger partial charge in [-0.3, -0.25) is 4.79 Å². The molecule has 4 aromatic rings. The quantitative estimate of drug-likeness (QED) is 0.356. The van der Waals surface area contributed by atoms with Gasteiger partial charge in [0.15, 0.2) is 5.65 Å². The van der Waals surface area contributed by atoms with E-state index in [2.05, 4.69) is 67.2 Å². The van der Waals surface area contributed by atoms with Crippen LogP contribution in [0.2, 0.25) is 0 Å². The molecule has 0 atom stereocenters. The fourth-order valence-electron chi connectivity index (χ4n) is 5.94. The van der Waals surface area contributed by atoms with Gasteiger partial charge in [-0.2, -0.15) is 5.10 Å². The van der Waals surface area contributed by atoms with Crippen molar-refractivity contribution in [1.82, 2.24) is 29.4 Å². The van der Waals surface area contributed by atoms with Crippen molar-refractivity contribution in [3.05, 3.63) is 53.0 Å². The fourth-order valence-corrected chi connectivity index (χ4v) is 5.94. The molecule has 1 aromatic carbocycles. The van der Waals surface area contributed by atoms with Crippen molar-refractivity contribution in [2.45, 2.75) is 58.8 Å². The number of aromatic amines is 1. The highest BCUT2D eigenvalue weighted by molar-refractivity contribution is 5.92. The number of nitrogens with zero attached hydrogens (tertiary/aromatic N) is 5. The summed E-state index contributed by atoms with van der Waals surface area (Å²) in [5.41, 5.74) is 9.45. The Morgan fingerprint density at radius 3 is 2.66 bits per heavy atom. The second-order valence-electron chi connectivity index (χ2n) is 11.1. The van der Waals surface area contributed by atoms with Crippen molar-refractivity contribution in [2.75, 3.05) is 39.8 Å². The van der Waals surface area contributed by atoms with E-state index < -0.39 is 0 Å². The molecule has 0 spiro atoms. The number of likely N-dealkylation sites (tertiary alicyclic amines) is 1. The van der Waals surface area contributed by atoms with Crippen LogP contribution in [-0.2, 0) is 4.79 Å². The van der Waals surface area contributed by atoms with Gasteiger partial charge < -0.3 is 19.9 Å². The first-order valence-corrected chi connectivity index (χ1v) is 13.8. The number of aliphatic hydroxyl groups is 1. The summed E-state index contributed by atoms with van der Waals surface area (Å²) in [5.74, 6) is 1.02. The molecule has 202 valence electrons. The van der Waals surface area contributed by atoms with Crippen LogP contribution in [0.5, 0.6) is 0 Å². The number of carbonyl (C=O) groups is 1. The topological polar surface area (TPSA) is 89.8 Å². The maximum absolute atomic E-state index is 12.7. The van der Waals surface area contributed by atoms with Gasteiger partial charge in [-0.15, -0.1) is 0 Å². The van der Waals surface area contributed by atoms with Crippen LogP contribution in [-0.4, -0.2) is 80.2 Å². The Kier molecular flexibility index (Phi) is 7.54. The molecule has 0 unspecified atom stereocenters. The normalized spacial score (nSPS) is 15.0. The molecule has 0 radical (unpaired) electrons. The lowest BCUT2D eigenvalue weighted by atomic mass is 9.87. The van der Waals surface area contributed by atoms with E-state index in [1.54, 1.807) is 6.33 Å². The van der Waals surface area contributed by atoms with E-state index in [1.165, 1.54) is 27.6 Å². The maximum Gasteiger partial charge on any atom is 0.223 e. The van der Waals surface area contributed by atoms with Crippen LogP contribution in [0, 0.1) is 13.8 Å². The summed E-state index contributed by atoms with van der Waals surface area (Å²) in [7, 11) is 1.94. The molecule has 38 heavy (non-hydrogen) atoms. The van der Waals surface area contributed by atoms with Gasteiger partial charge >= 0.3 is 0 Å². The largest absolute Gasteiger partial charge is 0.395 e. The van der Waals surface area contributed by atoms with Gasteiger partial charge in [0.1, 0.15) is 6.33 Å². The molecular weight excluding hydrogens is 476 g/mol. The molecule has 0 saturated carbocycles. The number of nitrogens with one attached hydrogen (secondary N) is 1. The number of amides is 1. The molecule has 1 aliphatic rings. The van der Waals surface area contributed by atoms with Gasteiger partial charge in [-0.1, -0.05) is 19.9 Å². The van der Waals surface area contributed by atoms with Crippen LogP contribution in [0.4, 0.5) is 0 Å². The van der Waals surface area contributed by atoms with E-state index in [-0.39, 0.29) is 12.5 Å². The Balaban J connectivity index is 1.39. The van der Waals surface area contributed by atoms with Crippen molar-refractivity contribution in [3.63, 3.8) is 0 Å². The molecule has 0 aliphatic carbocycles. The Morgan fingerprint density at radius 2 is 1.95 bits per heavy atom. The molecule has 8 nitrogen and oxygen atoms in total. The predicted octanol–water partition coefficient (Wildman–Crippen LogP) is 4.64. The van der Waals surface area contributed by atoms with Gasteiger partial charge in [0.25, 0.3) is 0 Å². The molecule has 8 heteroatoms. The standard InChI is InChI=1S/C30H40N6O2/c1-19(2)28-24-16-23(22-8-12-35(13-9-22)27(38)10-11-34(5)14-15-37)6-7-26(24)33-29(28)25-17-36-30(31-18-32-36)21(4)20(25)3/h6-7,16-19,22,33,37H,8-15H2,1-5H3. The number of aromatic nitrogens is 4. The maximum atomic E-state index is 12.7. The Morgan fingerprint density at radius 1 is 1.18 bits per heavy atom. The molecule has 1 aliphatic heterocycles. The molecule has 1 saturated heterocycles. The van der Waals surface area contributed by atoms with Gasteiger partial charge in [0.2, 0.25) is 5.91 Å². The van der Waals surface area contributed by atoms with Gasteiger partial charge in [-0.05, 0) is 80.0 Å². The van der Waals surface area contributed by atoms with E-state index in [0.717, 1.165) is 48.4 Å². The average molecular weight is 517 g/mol. The number of pyridine rings is 1. The Labute approximate surface area is 224 Å². The lowest BCUT2D eigenvalue weighted by Crippen LogP contribution is -2.39. The van der Waals surface area contributed by atoms with Crippen LogP contribution in [0.15, 0.2) is 30.7 Å². The Bertz CT molecular complexity index is 1440. The highest BCUT2D eigenvalue weighted by Crippen LogP contribution is 2.40. The molecule has 4 heterocycles. The summed E-state index contributed by atoms with van der Waals surface area (Å²) in [5, 5.41) is 14.8. The molecule has 3 aromatic heterocycles. The van der Waals surface area contributed by atoms with Crippen molar-refractivity contribution < 1.29 is 9.90 Å². The summed E-state index contributed by atoms with van der Waals surface area (Å²) in [6, 6.07) is 6.87. The summed E-state index contributed by atoms with van der Waals surface area (Å²) in [6.07, 6.45) is 6.19. The van der Waals surface area contributed by atoms with Crippen LogP contribution in [0.3, 0.4) is 0 Å². The number of hydrogen-bond acceptors (Lipinski definition) is 5. The fraction of sp³-hybridized carbons (Fsp3) is 0.500. The smallest absolute Gasteiger partial charge is 0.223 e. The third-order valence-electron chi connectivity index (χ3n) is 8.34. The van der Waals surface area contributed by atoms with Crippen molar-refractivity contribution in [3.8, 4) is 11.3 Å². The number of aryl methyl sites for hydroxylation is 1. The second kappa shape index (κ2) is 10.9. The van der Waals surface area contributed by atoms with Gasteiger partial charge in [0, 0.05) is 55.3 Å². The van der Waals surface area contributed by atoms with Crippen LogP contribution >= 0.6 is 0 Å². The molecule has 0 bridgehead atoms. The SMILES string of the molecule is Cc1c(-c2[nH]c3ccc(C4CCN(C(=O)CCN(C)CCO)CC4)cc3c2C(C)C)cn2ncnc2c1C. The zero-order valence-electron chi connectivity index (χ0n) is 23.3. The first kappa shape index (κ1) is 26.4. The van der Waals surface area contributed by atoms with Crippen molar-refractivity contribution in [2.24, 2.45) is 0 Å². The van der Waals surface area contributed by atoms with E-state index in [4.69, 9.17) is 5.11 Å². The summed E-state index contributed by atoms with van der Waals surface area (Å²) in [4.78, 5) is 24.9. The van der Waals surface area contributed by atoms with E-state index >= 15 is 0 Å².